The predicted molar refractivity (Wildman–Crippen MR) is 79.8 cm³/mol. The molecule has 110 valence electrons. The van der Waals surface area contributed by atoms with E-state index in [1.807, 2.05) is 0 Å². The molecule has 0 bridgehead atoms. The first-order valence-corrected chi connectivity index (χ1v) is 7.36. The smallest absolute Gasteiger partial charge is 0.137 e. The molecule has 0 amide bonds. The van der Waals surface area contributed by atoms with Crippen LogP contribution in [-0.4, -0.2) is 25.7 Å². The van der Waals surface area contributed by atoms with E-state index in [2.05, 4.69) is 18.8 Å². The van der Waals surface area contributed by atoms with Crippen LogP contribution in [0, 0.1) is 17.7 Å². The van der Waals surface area contributed by atoms with Crippen molar-refractivity contribution in [2.24, 2.45) is 0 Å². The molecule has 2 nitrogen and oxygen atoms in total. The van der Waals surface area contributed by atoms with Crippen LogP contribution in [0.2, 0.25) is 0 Å². The summed E-state index contributed by atoms with van der Waals surface area (Å²) < 4.78 is 24.2. The largest absolute Gasteiger partial charge is 0.490 e. The van der Waals surface area contributed by atoms with Gasteiger partial charge in [0.15, 0.2) is 0 Å². The molecule has 0 aliphatic carbocycles. The van der Waals surface area contributed by atoms with Crippen molar-refractivity contribution in [1.29, 1.82) is 0 Å². The molecule has 0 aromatic heterocycles. The molecule has 1 aromatic carbocycles. The predicted octanol–water partition coefficient (Wildman–Crippen LogP) is 4.00. The fourth-order valence-corrected chi connectivity index (χ4v) is 1.58. The number of unbranched alkanes of at least 4 members (excludes halogenated alkanes) is 1. The highest BCUT2D eigenvalue weighted by atomic mass is 35.5. The summed E-state index contributed by atoms with van der Waals surface area (Å²) in [5, 5.41) is 0. The Bertz CT molecular complexity index is 452. The Kier molecular flexibility index (Phi) is 8.86. The lowest BCUT2D eigenvalue weighted by Gasteiger charge is -2.09. The molecule has 0 aliphatic heterocycles. The Labute approximate surface area is 125 Å². The van der Waals surface area contributed by atoms with E-state index in [1.54, 1.807) is 6.07 Å². The maximum atomic E-state index is 13.2. The molecule has 1 aromatic rings. The molecule has 0 atom stereocenters. The summed E-state index contributed by atoms with van der Waals surface area (Å²) in [6, 6.07) is 4.33. The van der Waals surface area contributed by atoms with E-state index in [-0.39, 0.29) is 5.82 Å². The lowest BCUT2D eigenvalue weighted by molar-refractivity contribution is 0.0978. The molecule has 0 heterocycles. The van der Waals surface area contributed by atoms with Gasteiger partial charge in [-0.2, -0.15) is 0 Å². The topological polar surface area (TPSA) is 18.5 Å². The summed E-state index contributed by atoms with van der Waals surface area (Å²) in [4.78, 5) is 0. The van der Waals surface area contributed by atoms with Gasteiger partial charge in [0.2, 0.25) is 0 Å². The maximum Gasteiger partial charge on any atom is 0.137 e. The summed E-state index contributed by atoms with van der Waals surface area (Å²) in [6.45, 7) is 3.71. The molecule has 1 rings (SSSR count). The average Bonchev–Trinajstić information content (AvgIpc) is 2.45. The summed E-state index contributed by atoms with van der Waals surface area (Å²) in [6.07, 6.45) is 2.73. The van der Waals surface area contributed by atoms with E-state index < -0.39 is 0 Å². The zero-order valence-electron chi connectivity index (χ0n) is 11.8. The van der Waals surface area contributed by atoms with Crippen LogP contribution in [-0.2, 0) is 4.74 Å². The van der Waals surface area contributed by atoms with E-state index in [0.29, 0.717) is 36.8 Å². The molecular formula is C16H20ClFO2. The van der Waals surface area contributed by atoms with Crippen molar-refractivity contribution < 1.29 is 13.9 Å². The van der Waals surface area contributed by atoms with Crippen LogP contribution in [0.25, 0.3) is 0 Å². The van der Waals surface area contributed by atoms with Crippen LogP contribution in [0.1, 0.15) is 31.7 Å². The Morgan fingerprint density at radius 3 is 2.85 bits per heavy atom. The quantitative estimate of drug-likeness (QED) is 0.410. The third-order valence-corrected chi connectivity index (χ3v) is 2.70. The molecule has 20 heavy (non-hydrogen) atoms. The fraction of sp³-hybridized carbons (Fsp3) is 0.500. The maximum absolute atomic E-state index is 13.2. The van der Waals surface area contributed by atoms with Crippen molar-refractivity contribution in [3.05, 3.63) is 29.6 Å². The lowest BCUT2D eigenvalue weighted by atomic mass is 10.2. The molecular weight excluding hydrogens is 279 g/mol. The molecule has 0 radical (unpaired) electrons. The van der Waals surface area contributed by atoms with Crippen molar-refractivity contribution in [2.45, 2.75) is 26.2 Å². The van der Waals surface area contributed by atoms with Crippen LogP contribution in [0.3, 0.4) is 0 Å². The minimum Gasteiger partial charge on any atom is -0.490 e. The van der Waals surface area contributed by atoms with Crippen molar-refractivity contribution in [3.63, 3.8) is 0 Å². The Hall–Kier alpha value is -1.24. The number of hydrogen-bond donors (Lipinski definition) is 0. The van der Waals surface area contributed by atoms with Crippen LogP contribution in [0.4, 0.5) is 4.39 Å². The molecule has 0 saturated carbocycles. The minimum absolute atomic E-state index is 0.338. The Balaban J connectivity index is 2.50. The molecule has 0 saturated heterocycles. The van der Waals surface area contributed by atoms with E-state index in [1.165, 1.54) is 12.1 Å². The van der Waals surface area contributed by atoms with Crippen LogP contribution in [0.15, 0.2) is 18.2 Å². The van der Waals surface area contributed by atoms with Crippen LogP contribution >= 0.6 is 11.6 Å². The third-order valence-electron chi connectivity index (χ3n) is 2.51. The minimum atomic E-state index is -0.338. The van der Waals surface area contributed by atoms with Crippen molar-refractivity contribution >= 4 is 11.6 Å². The van der Waals surface area contributed by atoms with E-state index in [0.717, 1.165) is 19.4 Å². The van der Waals surface area contributed by atoms with Gasteiger partial charge in [-0.1, -0.05) is 25.2 Å². The summed E-state index contributed by atoms with van der Waals surface area (Å²) in [5.41, 5.74) is 0.671. The fourth-order valence-electron chi connectivity index (χ4n) is 1.48. The van der Waals surface area contributed by atoms with Crippen LogP contribution < -0.4 is 4.74 Å². The Morgan fingerprint density at radius 1 is 1.25 bits per heavy atom. The first-order valence-electron chi connectivity index (χ1n) is 6.83. The zero-order chi connectivity index (χ0) is 14.6. The van der Waals surface area contributed by atoms with Gasteiger partial charge >= 0.3 is 0 Å². The van der Waals surface area contributed by atoms with E-state index in [9.17, 15) is 4.39 Å². The number of halogens is 2. The van der Waals surface area contributed by atoms with Gasteiger partial charge in [-0.15, -0.1) is 11.6 Å². The Morgan fingerprint density at radius 2 is 2.10 bits per heavy atom. The van der Waals surface area contributed by atoms with Crippen molar-refractivity contribution in [3.8, 4) is 17.6 Å². The van der Waals surface area contributed by atoms with Gasteiger partial charge in [-0.3, -0.25) is 0 Å². The molecule has 0 N–H and O–H groups in total. The third kappa shape index (κ3) is 6.79. The van der Waals surface area contributed by atoms with Gasteiger partial charge in [0.25, 0.3) is 0 Å². The standard InChI is InChI=1S/C16H20ClFO2/c1-2-3-10-19-11-12-20-16-13-15(18)8-7-14(16)6-4-5-9-17/h7-8,13H,2-3,5,9-12H2,1H3. The SMILES string of the molecule is CCCCOCCOc1cc(F)ccc1C#CCCCl. The van der Waals surface area contributed by atoms with E-state index >= 15 is 0 Å². The normalized spacial score (nSPS) is 9.95. The van der Waals surface area contributed by atoms with Gasteiger partial charge in [0.05, 0.1) is 12.2 Å². The second-order valence-electron chi connectivity index (χ2n) is 4.20. The van der Waals surface area contributed by atoms with Gasteiger partial charge in [-0.25, -0.2) is 4.39 Å². The highest BCUT2D eigenvalue weighted by molar-refractivity contribution is 6.18. The van der Waals surface area contributed by atoms with Crippen molar-refractivity contribution in [1.82, 2.24) is 0 Å². The number of benzene rings is 1. The van der Waals surface area contributed by atoms with Gasteiger partial charge in [0, 0.05) is 25.0 Å². The highest BCUT2D eigenvalue weighted by Crippen LogP contribution is 2.19. The number of alkyl halides is 1. The first kappa shape index (κ1) is 16.8. The molecule has 0 unspecified atom stereocenters. The van der Waals surface area contributed by atoms with Crippen molar-refractivity contribution in [2.75, 3.05) is 25.7 Å². The summed E-state index contributed by atoms with van der Waals surface area (Å²) in [7, 11) is 0. The zero-order valence-corrected chi connectivity index (χ0v) is 12.5. The van der Waals surface area contributed by atoms with Crippen LogP contribution in [0.5, 0.6) is 5.75 Å². The number of hydrogen-bond acceptors (Lipinski definition) is 2. The lowest BCUT2D eigenvalue weighted by Crippen LogP contribution is -2.08. The average molecular weight is 299 g/mol. The van der Waals surface area contributed by atoms with Gasteiger partial charge in [-0.05, 0) is 18.6 Å². The monoisotopic (exact) mass is 298 g/mol. The van der Waals surface area contributed by atoms with E-state index in [4.69, 9.17) is 21.1 Å². The summed E-state index contributed by atoms with van der Waals surface area (Å²) in [5.74, 6) is 6.44. The second kappa shape index (κ2) is 10.5. The number of rotatable bonds is 8. The molecule has 4 heteroatoms. The van der Waals surface area contributed by atoms with Gasteiger partial charge < -0.3 is 9.47 Å². The second-order valence-corrected chi connectivity index (χ2v) is 4.57. The molecule has 0 spiro atoms. The molecule has 0 aliphatic rings. The highest BCUT2D eigenvalue weighted by Gasteiger charge is 2.03. The van der Waals surface area contributed by atoms with Gasteiger partial charge in [0.1, 0.15) is 18.2 Å². The number of ether oxygens (including phenoxy) is 2. The summed E-state index contributed by atoms with van der Waals surface area (Å²) >= 11 is 5.57. The first-order chi connectivity index (χ1) is 9.77. The molecule has 0 fully saturated rings.